The molecule has 1 aromatic carbocycles. The first-order chi connectivity index (χ1) is 11.9. The number of amides is 3. The third-order valence-corrected chi connectivity index (χ3v) is 4.26. The van der Waals surface area contributed by atoms with Crippen molar-refractivity contribution in [1.29, 1.82) is 0 Å². The largest absolute Gasteiger partial charge is 0.490 e. The SMILES string of the molecule is CCc1cccc(OCCOC(=O)CN2C(=O)NC(C)(CC)C2=O)c1. The van der Waals surface area contributed by atoms with Crippen LogP contribution < -0.4 is 10.1 Å². The minimum absolute atomic E-state index is 0.0455. The lowest BCUT2D eigenvalue weighted by Gasteiger charge is -2.18. The number of ether oxygens (including phenoxy) is 2. The lowest BCUT2D eigenvalue weighted by Crippen LogP contribution is -2.43. The summed E-state index contributed by atoms with van der Waals surface area (Å²) in [5.41, 5.74) is 0.206. The molecule has 25 heavy (non-hydrogen) atoms. The number of urea groups is 1. The van der Waals surface area contributed by atoms with Crippen LogP contribution in [0.25, 0.3) is 0 Å². The average molecular weight is 348 g/mol. The van der Waals surface area contributed by atoms with Crippen molar-refractivity contribution in [3.63, 3.8) is 0 Å². The normalized spacial score (nSPS) is 19.7. The van der Waals surface area contributed by atoms with Crippen LogP contribution in [0.1, 0.15) is 32.8 Å². The van der Waals surface area contributed by atoms with E-state index in [0.29, 0.717) is 12.2 Å². The van der Waals surface area contributed by atoms with Crippen LogP contribution in [0, 0.1) is 0 Å². The Labute approximate surface area is 147 Å². The highest BCUT2D eigenvalue weighted by atomic mass is 16.6. The molecule has 1 atom stereocenters. The molecule has 136 valence electrons. The van der Waals surface area contributed by atoms with Gasteiger partial charge in [-0.15, -0.1) is 0 Å². The summed E-state index contributed by atoms with van der Waals surface area (Å²) in [6, 6.07) is 7.11. The van der Waals surface area contributed by atoms with Crippen LogP contribution in [-0.4, -0.2) is 48.1 Å². The van der Waals surface area contributed by atoms with E-state index in [2.05, 4.69) is 12.2 Å². The number of carbonyl (C=O) groups excluding carboxylic acids is 3. The van der Waals surface area contributed by atoms with Gasteiger partial charge in [0.25, 0.3) is 5.91 Å². The van der Waals surface area contributed by atoms with E-state index in [1.165, 1.54) is 0 Å². The van der Waals surface area contributed by atoms with E-state index >= 15 is 0 Å². The Bertz CT molecular complexity index is 661. The van der Waals surface area contributed by atoms with E-state index in [0.717, 1.165) is 16.9 Å². The average Bonchev–Trinajstić information content (AvgIpc) is 2.82. The molecule has 2 rings (SSSR count). The van der Waals surface area contributed by atoms with Gasteiger partial charge in [0, 0.05) is 0 Å². The van der Waals surface area contributed by atoms with Gasteiger partial charge >= 0.3 is 12.0 Å². The predicted molar refractivity (Wildman–Crippen MR) is 91.2 cm³/mol. The monoisotopic (exact) mass is 348 g/mol. The molecule has 0 bridgehead atoms. The molecule has 1 N–H and O–H groups in total. The number of esters is 1. The van der Waals surface area contributed by atoms with Crippen LogP contribution in [0.15, 0.2) is 24.3 Å². The van der Waals surface area contributed by atoms with E-state index in [1.807, 2.05) is 24.3 Å². The van der Waals surface area contributed by atoms with E-state index in [9.17, 15) is 14.4 Å². The van der Waals surface area contributed by atoms with Crippen LogP contribution in [0.2, 0.25) is 0 Å². The second kappa shape index (κ2) is 8.00. The van der Waals surface area contributed by atoms with Crippen molar-refractivity contribution in [2.45, 2.75) is 39.2 Å². The number of carbonyl (C=O) groups is 3. The van der Waals surface area contributed by atoms with Crippen molar-refractivity contribution in [3.05, 3.63) is 29.8 Å². The molecular formula is C18H24N2O5. The third-order valence-electron chi connectivity index (χ3n) is 4.26. The van der Waals surface area contributed by atoms with Crippen LogP contribution in [0.3, 0.4) is 0 Å². The number of benzene rings is 1. The fourth-order valence-electron chi connectivity index (χ4n) is 2.48. The Morgan fingerprint density at radius 3 is 2.64 bits per heavy atom. The number of rotatable bonds is 8. The number of aryl methyl sites for hydroxylation is 1. The lowest BCUT2D eigenvalue weighted by molar-refractivity contribution is -0.148. The summed E-state index contributed by atoms with van der Waals surface area (Å²) in [6.07, 6.45) is 1.36. The number of hydrogen-bond donors (Lipinski definition) is 1. The Hall–Kier alpha value is -2.57. The molecule has 0 radical (unpaired) electrons. The molecule has 1 unspecified atom stereocenters. The van der Waals surface area contributed by atoms with Gasteiger partial charge in [-0.2, -0.15) is 0 Å². The Morgan fingerprint density at radius 2 is 2.00 bits per heavy atom. The highest BCUT2D eigenvalue weighted by molar-refractivity contribution is 6.08. The van der Waals surface area contributed by atoms with Crippen molar-refractivity contribution < 1.29 is 23.9 Å². The quantitative estimate of drug-likeness (QED) is 0.440. The number of imide groups is 1. The van der Waals surface area contributed by atoms with Crippen molar-refractivity contribution in [2.24, 2.45) is 0 Å². The molecule has 1 aliphatic rings. The van der Waals surface area contributed by atoms with Crippen LogP contribution in [0.4, 0.5) is 4.79 Å². The molecule has 1 fully saturated rings. The van der Waals surface area contributed by atoms with E-state index in [1.54, 1.807) is 13.8 Å². The number of nitrogens with one attached hydrogen (secondary N) is 1. The Morgan fingerprint density at radius 1 is 1.24 bits per heavy atom. The zero-order valence-corrected chi connectivity index (χ0v) is 14.8. The fourth-order valence-corrected chi connectivity index (χ4v) is 2.48. The minimum Gasteiger partial charge on any atom is -0.490 e. The summed E-state index contributed by atoms with van der Waals surface area (Å²) < 4.78 is 10.6. The summed E-state index contributed by atoms with van der Waals surface area (Å²) >= 11 is 0. The fraction of sp³-hybridized carbons (Fsp3) is 0.500. The maximum absolute atomic E-state index is 12.2. The van der Waals surface area contributed by atoms with Crippen molar-refractivity contribution in [2.75, 3.05) is 19.8 Å². The number of hydrogen-bond acceptors (Lipinski definition) is 5. The van der Waals surface area contributed by atoms with Crippen LogP contribution in [0.5, 0.6) is 5.75 Å². The van der Waals surface area contributed by atoms with Gasteiger partial charge < -0.3 is 14.8 Å². The van der Waals surface area contributed by atoms with Gasteiger partial charge in [0.2, 0.25) is 0 Å². The van der Waals surface area contributed by atoms with Gasteiger partial charge in [-0.3, -0.25) is 14.5 Å². The Kier molecular flexibility index (Phi) is 6.01. The van der Waals surface area contributed by atoms with Gasteiger partial charge in [-0.25, -0.2) is 4.79 Å². The first kappa shape index (κ1) is 18.8. The van der Waals surface area contributed by atoms with Gasteiger partial charge in [0.05, 0.1) is 0 Å². The van der Waals surface area contributed by atoms with E-state index < -0.39 is 30.0 Å². The summed E-state index contributed by atoms with van der Waals surface area (Å²) in [4.78, 5) is 36.8. The van der Waals surface area contributed by atoms with Gasteiger partial charge in [-0.05, 0) is 37.5 Å². The molecule has 0 aromatic heterocycles. The highest BCUT2D eigenvalue weighted by Crippen LogP contribution is 2.20. The molecule has 0 aliphatic carbocycles. The third kappa shape index (κ3) is 4.49. The van der Waals surface area contributed by atoms with Crippen LogP contribution >= 0.6 is 0 Å². The zero-order valence-electron chi connectivity index (χ0n) is 14.8. The summed E-state index contributed by atoms with van der Waals surface area (Å²) in [5, 5.41) is 2.59. The first-order valence-electron chi connectivity index (χ1n) is 8.41. The molecule has 3 amide bonds. The van der Waals surface area contributed by atoms with Gasteiger partial charge in [-0.1, -0.05) is 26.0 Å². The second-order valence-electron chi connectivity index (χ2n) is 6.08. The zero-order chi connectivity index (χ0) is 18.4. The summed E-state index contributed by atoms with van der Waals surface area (Å²) in [7, 11) is 0. The molecule has 7 nitrogen and oxygen atoms in total. The molecule has 0 spiro atoms. The molecule has 0 saturated carbocycles. The Balaban J connectivity index is 1.76. The lowest BCUT2D eigenvalue weighted by atomic mass is 9.99. The number of nitrogens with zero attached hydrogens (tertiary/aromatic N) is 1. The van der Waals surface area contributed by atoms with E-state index in [-0.39, 0.29) is 13.2 Å². The molecular weight excluding hydrogens is 324 g/mol. The summed E-state index contributed by atoms with van der Waals surface area (Å²) in [6.45, 7) is 5.34. The maximum Gasteiger partial charge on any atom is 0.326 e. The van der Waals surface area contributed by atoms with E-state index in [4.69, 9.17) is 9.47 Å². The van der Waals surface area contributed by atoms with Crippen molar-refractivity contribution >= 4 is 17.9 Å². The standard InChI is InChI=1S/C18H24N2O5/c1-4-13-7-6-8-14(11-13)24-9-10-25-15(21)12-20-16(22)18(3,5-2)19-17(20)23/h6-8,11H,4-5,9-10,12H2,1-3H3,(H,19,23). The topological polar surface area (TPSA) is 84.9 Å². The smallest absolute Gasteiger partial charge is 0.326 e. The molecule has 7 heteroatoms. The molecule has 1 saturated heterocycles. The van der Waals surface area contributed by atoms with Crippen molar-refractivity contribution in [3.8, 4) is 5.75 Å². The predicted octanol–water partition coefficient (Wildman–Crippen LogP) is 1.89. The molecule has 1 aromatic rings. The minimum atomic E-state index is -0.954. The summed E-state index contributed by atoms with van der Waals surface area (Å²) in [5.74, 6) is -0.345. The second-order valence-corrected chi connectivity index (χ2v) is 6.08. The first-order valence-corrected chi connectivity index (χ1v) is 8.41. The highest BCUT2D eigenvalue weighted by Gasteiger charge is 2.47. The maximum atomic E-state index is 12.2. The van der Waals surface area contributed by atoms with Gasteiger partial charge in [0.1, 0.15) is 31.0 Å². The van der Waals surface area contributed by atoms with Crippen molar-refractivity contribution in [1.82, 2.24) is 10.2 Å². The molecule has 1 aliphatic heterocycles. The van der Waals surface area contributed by atoms with Gasteiger partial charge in [0.15, 0.2) is 0 Å². The molecule has 1 heterocycles. The van der Waals surface area contributed by atoms with Crippen LogP contribution in [-0.2, 0) is 20.7 Å².